The second-order valence-electron chi connectivity index (χ2n) is 7.87. The number of hydrogen-bond acceptors (Lipinski definition) is 5. The minimum atomic E-state index is -3.42. The van der Waals surface area contributed by atoms with Gasteiger partial charge in [-0.1, -0.05) is 29.8 Å². The molecule has 8 heteroatoms. The lowest BCUT2D eigenvalue weighted by Crippen LogP contribution is -2.33. The molecule has 0 spiro atoms. The summed E-state index contributed by atoms with van der Waals surface area (Å²) >= 11 is 6.24. The summed E-state index contributed by atoms with van der Waals surface area (Å²) in [4.78, 5) is 18.8. The van der Waals surface area contributed by atoms with E-state index in [1.807, 2.05) is 0 Å². The fraction of sp³-hybridized carbons (Fsp3) is 0.455. The Morgan fingerprint density at radius 2 is 1.83 bits per heavy atom. The number of rotatable bonds is 4. The number of amides is 1. The number of pyridine rings is 1. The van der Waals surface area contributed by atoms with Crippen molar-refractivity contribution >= 4 is 27.3 Å². The third kappa shape index (κ3) is 4.62. The van der Waals surface area contributed by atoms with Crippen LogP contribution in [0.5, 0.6) is 5.88 Å². The largest absolute Gasteiger partial charge is 0.474 e. The van der Waals surface area contributed by atoms with Gasteiger partial charge in [0, 0.05) is 30.4 Å². The Morgan fingerprint density at radius 1 is 1.07 bits per heavy atom. The number of sulfone groups is 1. The van der Waals surface area contributed by atoms with Gasteiger partial charge in [0.05, 0.1) is 16.6 Å². The third-order valence-corrected chi connectivity index (χ3v) is 8.31. The summed E-state index contributed by atoms with van der Waals surface area (Å²) in [6.45, 7) is 0.497. The van der Waals surface area contributed by atoms with Gasteiger partial charge in [-0.25, -0.2) is 13.4 Å². The van der Waals surface area contributed by atoms with Crippen LogP contribution in [0.2, 0.25) is 5.02 Å². The van der Waals surface area contributed by atoms with Gasteiger partial charge in [-0.05, 0) is 49.8 Å². The molecule has 4 rings (SSSR count). The predicted molar refractivity (Wildman–Crippen MR) is 116 cm³/mol. The lowest BCUT2D eigenvalue weighted by molar-refractivity contribution is 0.0766. The first-order valence-corrected chi connectivity index (χ1v) is 12.4. The third-order valence-electron chi connectivity index (χ3n) is 5.85. The maximum absolute atomic E-state index is 13.0. The normalized spacial score (nSPS) is 21.9. The zero-order valence-electron chi connectivity index (χ0n) is 16.7. The average Bonchev–Trinajstić information content (AvgIpc) is 3.19. The van der Waals surface area contributed by atoms with Crippen molar-refractivity contribution < 1.29 is 17.9 Å². The Hall–Kier alpha value is -2.12. The number of hydrogen-bond donors (Lipinski definition) is 0. The molecule has 1 atom stereocenters. The van der Waals surface area contributed by atoms with E-state index >= 15 is 0 Å². The number of nitrogens with zero attached hydrogens (tertiary/aromatic N) is 2. The minimum Gasteiger partial charge on any atom is -0.474 e. The number of ether oxygens (including phenoxy) is 1. The van der Waals surface area contributed by atoms with Crippen LogP contribution in [0, 0.1) is 0 Å². The van der Waals surface area contributed by atoms with E-state index in [2.05, 4.69) is 4.98 Å². The molecule has 0 radical (unpaired) electrons. The van der Waals surface area contributed by atoms with Crippen molar-refractivity contribution in [1.82, 2.24) is 9.88 Å². The van der Waals surface area contributed by atoms with Gasteiger partial charge in [-0.3, -0.25) is 4.79 Å². The highest BCUT2D eigenvalue weighted by Crippen LogP contribution is 2.34. The Morgan fingerprint density at radius 3 is 2.53 bits per heavy atom. The highest BCUT2D eigenvalue weighted by atomic mass is 35.5. The highest BCUT2D eigenvalue weighted by molar-refractivity contribution is 7.91. The molecule has 2 aliphatic rings. The molecule has 1 saturated carbocycles. The molecular weight excluding hydrogens is 424 g/mol. The smallest absolute Gasteiger partial charge is 0.255 e. The monoisotopic (exact) mass is 448 g/mol. The van der Waals surface area contributed by atoms with Gasteiger partial charge in [0.25, 0.3) is 5.91 Å². The Balaban J connectivity index is 1.45. The van der Waals surface area contributed by atoms with E-state index in [1.54, 1.807) is 41.3 Å². The van der Waals surface area contributed by atoms with E-state index in [4.69, 9.17) is 16.3 Å². The highest BCUT2D eigenvalue weighted by Gasteiger charge is 2.34. The molecule has 2 aromatic rings. The van der Waals surface area contributed by atoms with Crippen LogP contribution in [0.3, 0.4) is 0 Å². The van der Waals surface area contributed by atoms with Crippen LogP contribution in [-0.4, -0.2) is 49.2 Å². The second-order valence-corrected chi connectivity index (χ2v) is 10.6. The fourth-order valence-corrected chi connectivity index (χ4v) is 6.32. The van der Waals surface area contributed by atoms with Crippen molar-refractivity contribution in [2.75, 3.05) is 18.8 Å². The summed E-state index contributed by atoms with van der Waals surface area (Å²) < 4.78 is 31.5. The van der Waals surface area contributed by atoms with Crippen molar-refractivity contribution in [2.45, 2.75) is 43.5 Å². The first kappa shape index (κ1) is 21.1. The number of benzene rings is 1. The van der Waals surface area contributed by atoms with Crippen LogP contribution in [0.15, 0.2) is 42.6 Å². The van der Waals surface area contributed by atoms with Gasteiger partial charge >= 0.3 is 0 Å². The fourth-order valence-electron chi connectivity index (χ4n) is 4.17. The lowest BCUT2D eigenvalue weighted by atomic mass is 10.1. The van der Waals surface area contributed by atoms with Crippen LogP contribution in [0.25, 0.3) is 0 Å². The van der Waals surface area contributed by atoms with Crippen molar-refractivity contribution in [3.8, 4) is 5.88 Å². The molecule has 1 saturated heterocycles. The van der Waals surface area contributed by atoms with Crippen LogP contribution in [0.1, 0.15) is 53.3 Å². The molecule has 1 amide bonds. The van der Waals surface area contributed by atoms with Gasteiger partial charge in [0.15, 0.2) is 9.84 Å². The molecule has 0 unspecified atom stereocenters. The maximum Gasteiger partial charge on any atom is 0.255 e. The van der Waals surface area contributed by atoms with E-state index < -0.39 is 15.1 Å². The molecular formula is C22H25ClN2O4S. The lowest BCUT2D eigenvalue weighted by Gasteiger charge is -2.20. The van der Waals surface area contributed by atoms with Gasteiger partial charge in [0.2, 0.25) is 5.88 Å². The molecule has 1 aromatic heterocycles. The number of aromatic nitrogens is 1. The summed E-state index contributed by atoms with van der Waals surface area (Å²) in [7, 11) is -3.42. The average molecular weight is 449 g/mol. The van der Waals surface area contributed by atoms with Crippen LogP contribution in [0.4, 0.5) is 0 Å². The predicted octanol–water partition coefficient (Wildman–Crippen LogP) is 4.06. The summed E-state index contributed by atoms with van der Waals surface area (Å²) in [5, 5.41) is -0.266. The molecule has 2 heterocycles. The maximum atomic E-state index is 13.0. The topological polar surface area (TPSA) is 76.6 Å². The Bertz CT molecular complexity index is 1000. The van der Waals surface area contributed by atoms with Crippen molar-refractivity contribution in [1.29, 1.82) is 0 Å². The van der Waals surface area contributed by atoms with Crippen LogP contribution in [-0.2, 0) is 9.84 Å². The van der Waals surface area contributed by atoms with Crippen LogP contribution >= 0.6 is 11.6 Å². The Labute approximate surface area is 182 Å². The molecule has 0 N–H and O–H groups in total. The van der Waals surface area contributed by atoms with E-state index in [9.17, 15) is 13.2 Å². The summed E-state index contributed by atoms with van der Waals surface area (Å²) in [6, 6.07) is 10.4. The van der Waals surface area contributed by atoms with Gasteiger partial charge in [-0.15, -0.1) is 0 Å². The van der Waals surface area contributed by atoms with Crippen LogP contribution < -0.4 is 4.74 Å². The first-order valence-electron chi connectivity index (χ1n) is 10.3. The molecule has 1 aliphatic carbocycles. The molecule has 2 fully saturated rings. The number of carbonyl (C=O) groups excluding carboxylic acids is 1. The second kappa shape index (κ2) is 8.94. The van der Waals surface area contributed by atoms with E-state index in [0.717, 1.165) is 12.8 Å². The standard InChI is InChI=1S/C22H25ClN2O4S/c23-19-8-4-3-7-18(19)20-11-12-25(13-14-30(20,27)28)22(26)16-9-10-21(24-15-16)29-17-5-1-2-6-17/h3-4,7-10,15,17,20H,1-2,5-6,11-14H2/t20-/m0/s1. The molecule has 6 nitrogen and oxygen atoms in total. The van der Waals surface area contributed by atoms with Gasteiger partial charge in [0.1, 0.15) is 6.10 Å². The summed E-state index contributed by atoms with van der Waals surface area (Å²) in [5.74, 6) is 0.214. The van der Waals surface area contributed by atoms with E-state index in [-0.39, 0.29) is 24.3 Å². The molecule has 1 aromatic carbocycles. The molecule has 30 heavy (non-hydrogen) atoms. The minimum absolute atomic E-state index is 0.0923. The molecule has 0 bridgehead atoms. The molecule has 1 aliphatic heterocycles. The van der Waals surface area contributed by atoms with Gasteiger partial charge in [-0.2, -0.15) is 0 Å². The van der Waals surface area contributed by atoms with E-state index in [0.29, 0.717) is 35.0 Å². The van der Waals surface area contributed by atoms with Crippen molar-refractivity contribution in [3.63, 3.8) is 0 Å². The number of carbonyl (C=O) groups is 1. The summed E-state index contributed by atoms with van der Waals surface area (Å²) in [6.07, 6.45) is 6.46. The first-order chi connectivity index (χ1) is 14.4. The summed E-state index contributed by atoms with van der Waals surface area (Å²) in [5.41, 5.74) is 1.03. The number of halogens is 1. The van der Waals surface area contributed by atoms with E-state index in [1.165, 1.54) is 19.0 Å². The zero-order valence-corrected chi connectivity index (χ0v) is 18.2. The van der Waals surface area contributed by atoms with Crippen molar-refractivity contribution in [3.05, 3.63) is 58.7 Å². The molecule has 160 valence electrons. The SMILES string of the molecule is O=C(c1ccc(OC2CCCC2)nc1)N1CC[C@@H](c2ccccc2Cl)S(=O)(=O)CC1. The van der Waals surface area contributed by atoms with Crippen molar-refractivity contribution in [2.24, 2.45) is 0 Å². The zero-order chi connectivity index (χ0) is 21.1. The van der Waals surface area contributed by atoms with Gasteiger partial charge < -0.3 is 9.64 Å². The Kier molecular flexibility index (Phi) is 6.29. The quantitative estimate of drug-likeness (QED) is 0.704.